The standard InChI is InChI=1S/C24H30N4O3/c1-2-31-23-9-7-20(8-10-23)19-28(12-4-11-27-13-15-30-16-14-27)24(29)26-22-6-3-5-21(17-22)18-25/h3,5-10,17H,2,4,11-16,19H2,1H3,(H,26,29). The van der Waals surface area contributed by atoms with Crippen LogP contribution in [0.1, 0.15) is 24.5 Å². The number of ether oxygens (including phenoxy) is 2. The van der Waals surface area contributed by atoms with Crippen LogP contribution < -0.4 is 10.1 Å². The Morgan fingerprint density at radius 2 is 2.00 bits per heavy atom. The van der Waals surface area contributed by atoms with Crippen LogP contribution in [0.4, 0.5) is 10.5 Å². The second-order valence-electron chi connectivity index (χ2n) is 7.43. The number of carbonyl (C=O) groups excluding carboxylic acids is 1. The molecule has 2 amide bonds. The van der Waals surface area contributed by atoms with Crippen molar-refractivity contribution < 1.29 is 14.3 Å². The highest BCUT2D eigenvalue weighted by molar-refractivity contribution is 5.89. The van der Waals surface area contributed by atoms with Gasteiger partial charge in [0.2, 0.25) is 0 Å². The normalized spacial score (nSPS) is 13.9. The van der Waals surface area contributed by atoms with Crippen molar-refractivity contribution in [2.45, 2.75) is 19.9 Å². The number of anilines is 1. The molecule has 0 aromatic heterocycles. The van der Waals surface area contributed by atoms with E-state index in [9.17, 15) is 4.79 Å². The molecule has 0 atom stereocenters. The Morgan fingerprint density at radius 3 is 2.71 bits per heavy atom. The maximum absolute atomic E-state index is 13.0. The van der Waals surface area contributed by atoms with Crippen LogP contribution in [0.2, 0.25) is 0 Å². The number of carbonyl (C=O) groups is 1. The minimum absolute atomic E-state index is 0.175. The van der Waals surface area contributed by atoms with Gasteiger partial charge in [-0.25, -0.2) is 4.79 Å². The SMILES string of the molecule is CCOc1ccc(CN(CCCN2CCOCC2)C(=O)Nc2cccc(C#N)c2)cc1. The zero-order valence-electron chi connectivity index (χ0n) is 18.0. The molecule has 1 aliphatic rings. The molecule has 2 aromatic carbocycles. The number of amides is 2. The molecule has 1 saturated heterocycles. The number of morpholine rings is 1. The number of urea groups is 1. The van der Waals surface area contributed by atoms with Crippen molar-refractivity contribution in [3.63, 3.8) is 0 Å². The van der Waals surface area contributed by atoms with Crippen molar-refractivity contribution in [2.24, 2.45) is 0 Å². The van der Waals surface area contributed by atoms with Gasteiger partial charge in [-0.05, 0) is 49.2 Å². The first-order valence-corrected chi connectivity index (χ1v) is 10.8. The van der Waals surface area contributed by atoms with Gasteiger partial charge in [0.25, 0.3) is 0 Å². The average molecular weight is 423 g/mol. The molecule has 0 aliphatic carbocycles. The van der Waals surface area contributed by atoms with Gasteiger partial charge in [-0.1, -0.05) is 18.2 Å². The minimum atomic E-state index is -0.175. The van der Waals surface area contributed by atoms with E-state index in [-0.39, 0.29) is 6.03 Å². The molecule has 1 heterocycles. The second kappa shape index (κ2) is 11.9. The number of hydrogen-bond acceptors (Lipinski definition) is 5. The molecule has 3 rings (SSSR count). The lowest BCUT2D eigenvalue weighted by Crippen LogP contribution is -2.40. The van der Waals surface area contributed by atoms with Crippen LogP contribution >= 0.6 is 0 Å². The van der Waals surface area contributed by atoms with Crippen LogP contribution in [0.25, 0.3) is 0 Å². The van der Waals surface area contributed by atoms with Gasteiger partial charge >= 0.3 is 6.03 Å². The summed E-state index contributed by atoms with van der Waals surface area (Å²) in [6.45, 7) is 8.05. The van der Waals surface area contributed by atoms with Gasteiger partial charge < -0.3 is 19.7 Å². The van der Waals surface area contributed by atoms with E-state index in [0.717, 1.165) is 50.6 Å². The zero-order valence-corrected chi connectivity index (χ0v) is 18.0. The van der Waals surface area contributed by atoms with E-state index >= 15 is 0 Å². The van der Waals surface area contributed by atoms with Crippen LogP contribution in [0.5, 0.6) is 5.75 Å². The largest absolute Gasteiger partial charge is 0.494 e. The van der Waals surface area contributed by atoms with E-state index in [1.54, 1.807) is 24.3 Å². The van der Waals surface area contributed by atoms with Crippen LogP contribution in [0, 0.1) is 11.3 Å². The quantitative estimate of drug-likeness (QED) is 0.667. The van der Waals surface area contributed by atoms with E-state index in [0.29, 0.717) is 30.9 Å². The van der Waals surface area contributed by atoms with Gasteiger partial charge in [-0.3, -0.25) is 4.90 Å². The fraction of sp³-hybridized carbons (Fsp3) is 0.417. The first-order valence-electron chi connectivity index (χ1n) is 10.8. The maximum atomic E-state index is 13.0. The van der Waals surface area contributed by atoms with Crippen molar-refractivity contribution in [1.29, 1.82) is 5.26 Å². The Morgan fingerprint density at radius 1 is 1.23 bits per heavy atom. The predicted octanol–water partition coefficient (Wildman–Crippen LogP) is 3.71. The second-order valence-corrected chi connectivity index (χ2v) is 7.43. The summed E-state index contributed by atoms with van der Waals surface area (Å²) in [5.41, 5.74) is 2.17. The van der Waals surface area contributed by atoms with Gasteiger partial charge in [0.05, 0.1) is 31.5 Å². The highest BCUT2D eigenvalue weighted by Gasteiger charge is 2.16. The van der Waals surface area contributed by atoms with E-state index in [4.69, 9.17) is 14.7 Å². The van der Waals surface area contributed by atoms with Crippen molar-refractivity contribution in [1.82, 2.24) is 9.80 Å². The molecule has 1 N–H and O–H groups in total. The summed E-state index contributed by atoms with van der Waals surface area (Å²) >= 11 is 0. The summed E-state index contributed by atoms with van der Waals surface area (Å²) in [5.74, 6) is 0.822. The summed E-state index contributed by atoms with van der Waals surface area (Å²) in [4.78, 5) is 17.2. The monoisotopic (exact) mass is 422 g/mol. The summed E-state index contributed by atoms with van der Waals surface area (Å²) in [5, 5.41) is 12.0. The van der Waals surface area contributed by atoms with Gasteiger partial charge in [-0.2, -0.15) is 5.26 Å². The number of benzene rings is 2. The van der Waals surface area contributed by atoms with Crippen molar-refractivity contribution in [2.75, 3.05) is 51.3 Å². The smallest absolute Gasteiger partial charge is 0.322 e. The maximum Gasteiger partial charge on any atom is 0.322 e. The van der Waals surface area contributed by atoms with E-state index in [1.807, 2.05) is 36.1 Å². The fourth-order valence-corrected chi connectivity index (χ4v) is 3.51. The number of nitrogens with one attached hydrogen (secondary N) is 1. The highest BCUT2D eigenvalue weighted by atomic mass is 16.5. The number of nitrogens with zero attached hydrogens (tertiary/aromatic N) is 3. The number of nitriles is 1. The Hall–Kier alpha value is -3.08. The first-order chi connectivity index (χ1) is 15.2. The Balaban J connectivity index is 1.64. The molecule has 0 unspecified atom stereocenters. The first kappa shape index (κ1) is 22.6. The molecule has 0 spiro atoms. The van der Waals surface area contributed by atoms with E-state index < -0.39 is 0 Å². The molecule has 31 heavy (non-hydrogen) atoms. The average Bonchev–Trinajstić information content (AvgIpc) is 2.80. The Labute approximate surface area is 184 Å². The lowest BCUT2D eigenvalue weighted by Gasteiger charge is -2.28. The third-order valence-electron chi connectivity index (χ3n) is 5.14. The van der Waals surface area contributed by atoms with Crippen LogP contribution in [-0.2, 0) is 11.3 Å². The van der Waals surface area contributed by atoms with Crippen LogP contribution in [0.3, 0.4) is 0 Å². The third-order valence-corrected chi connectivity index (χ3v) is 5.14. The molecule has 0 radical (unpaired) electrons. The van der Waals surface area contributed by atoms with Crippen molar-refractivity contribution >= 4 is 11.7 Å². The van der Waals surface area contributed by atoms with Crippen LogP contribution in [-0.4, -0.2) is 61.8 Å². The lowest BCUT2D eigenvalue weighted by atomic mass is 10.2. The Bertz CT molecular complexity index is 873. The van der Waals surface area contributed by atoms with Gasteiger partial charge in [0.1, 0.15) is 5.75 Å². The molecule has 7 nitrogen and oxygen atoms in total. The molecule has 0 bridgehead atoms. The molecular weight excluding hydrogens is 392 g/mol. The third kappa shape index (κ3) is 7.28. The van der Waals surface area contributed by atoms with Crippen molar-refractivity contribution in [3.05, 3.63) is 59.7 Å². The van der Waals surface area contributed by atoms with Crippen molar-refractivity contribution in [3.8, 4) is 11.8 Å². The number of hydrogen-bond donors (Lipinski definition) is 1. The van der Waals surface area contributed by atoms with Gasteiger partial charge in [-0.15, -0.1) is 0 Å². The van der Waals surface area contributed by atoms with E-state index in [1.165, 1.54) is 0 Å². The summed E-state index contributed by atoms with van der Waals surface area (Å²) < 4.78 is 10.9. The predicted molar refractivity (Wildman–Crippen MR) is 120 cm³/mol. The van der Waals surface area contributed by atoms with Gasteiger partial charge in [0, 0.05) is 38.4 Å². The molecule has 164 valence electrons. The molecule has 1 fully saturated rings. The summed E-state index contributed by atoms with van der Waals surface area (Å²) in [6.07, 6.45) is 0.878. The molecule has 7 heteroatoms. The number of rotatable bonds is 9. The van der Waals surface area contributed by atoms with Crippen LogP contribution in [0.15, 0.2) is 48.5 Å². The highest BCUT2D eigenvalue weighted by Crippen LogP contribution is 2.16. The fourth-order valence-electron chi connectivity index (χ4n) is 3.51. The molecule has 0 saturated carbocycles. The topological polar surface area (TPSA) is 77.8 Å². The lowest BCUT2D eigenvalue weighted by molar-refractivity contribution is 0.0365. The van der Waals surface area contributed by atoms with Gasteiger partial charge in [0.15, 0.2) is 0 Å². The molecule has 1 aliphatic heterocycles. The van der Waals surface area contributed by atoms with E-state index in [2.05, 4.69) is 16.3 Å². The molecular formula is C24H30N4O3. The summed E-state index contributed by atoms with van der Waals surface area (Å²) in [6, 6.07) is 16.7. The summed E-state index contributed by atoms with van der Waals surface area (Å²) in [7, 11) is 0. The zero-order chi connectivity index (χ0) is 21.9. The minimum Gasteiger partial charge on any atom is -0.494 e. The Kier molecular flexibility index (Phi) is 8.71. The molecule has 2 aromatic rings.